The fourth-order valence-corrected chi connectivity index (χ4v) is 2.72. The molecule has 0 fully saturated rings. The van der Waals surface area contributed by atoms with Gasteiger partial charge in [0.2, 0.25) is 5.91 Å². The lowest BCUT2D eigenvalue weighted by Gasteiger charge is -2.20. The van der Waals surface area contributed by atoms with E-state index >= 15 is 0 Å². The van der Waals surface area contributed by atoms with Gasteiger partial charge in [-0.1, -0.05) is 20.8 Å². The van der Waals surface area contributed by atoms with E-state index in [0.717, 1.165) is 0 Å². The zero-order valence-electron chi connectivity index (χ0n) is 20.0. The van der Waals surface area contributed by atoms with Gasteiger partial charge in [-0.25, -0.2) is 4.79 Å². The molecule has 2 rings (SSSR count). The van der Waals surface area contributed by atoms with Crippen molar-refractivity contribution in [3.63, 3.8) is 0 Å². The first-order valence-electron chi connectivity index (χ1n) is 10.4. The maximum atomic E-state index is 12.8. The zero-order chi connectivity index (χ0) is 25.5. The third kappa shape index (κ3) is 6.71. The Bertz CT molecular complexity index is 1070. The van der Waals surface area contributed by atoms with Crippen molar-refractivity contribution in [2.75, 3.05) is 38.5 Å². The van der Waals surface area contributed by atoms with Crippen LogP contribution in [0.3, 0.4) is 0 Å². The quantitative estimate of drug-likeness (QED) is 0.504. The van der Waals surface area contributed by atoms with Gasteiger partial charge in [0.1, 0.15) is 0 Å². The molecule has 0 saturated heterocycles. The average molecular weight is 472 g/mol. The highest BCUT2D eigenvalue weighted by atomic mass is 16.5. The largest absolute Gasteiger partial charge is 0.493 e. The van der Waals surface area contributed by atoms with Crippen LogP contribution >= 0.6 is 0 Å². The molecule has 0 aliphatic rings. The summed E-state index contributed by atoms with van der Waals surface area (Å²) in [6.07, 6.45) is 0. The molecule has 10 nitrogen and oxygen atoms in total. The summed E-state index contributed by atoms with van der Waals surface area (Å²) in [6, 6.07) is 9.03. The maximum Gasteiger partial charge on any atom is 0.340 e. The summed E-state index contributed by atoms with van der Waals surface area (Å²) in [6.45, 7) is 4.61. The molecule has 2 aromatic rings. The maximum absolute atomic E-state index is 12.8. The molecule has 0 bridgehead atoms. The number of nitrogens with one attached hydrogen (secondary N) is 3. The monoisotopic (exact) mass is 471 g/mol. The molecule has 0 aliphatic carbocycles. The number of esters is 1. The number of methoxy groups -OCH3 is 2. The normalized spacial score (nSPS) is 10.6. The lowest BCUT2D eigenvalue weighted by atomic mass is 9.95. The van der Waals surface area contributed by atoms with Gasteiger partial charge in [0.05, 0.1) is 25.5 Å². The van der Waals surface area contributed by atoms with E-state index in [0.29, 0.717) is 17.0 Å². The van der Waals surface area contributed by atoms with E-state index in [-0.39, 0.29) is 28.8 Å². The van der Waals surface area contributed by atoms with Crippen LogP contribution < -0.4 is 25.4 Å². The molecule has 0 aliphatic heterocycles. The second kappa shape index (κ2) is 11.2. The van der Waals surface area contributed by atoms with E-state index in [1.54, 1.807) is 45.0 Å². The van der Waals surface area contributed by atoms with E-state index in [2.05, 4.69) is 16.0 Å². The number of rotatable bonds is 8. The highest BCUT2D eigenvalue weighted by Crippen LogP contribution is 2.34. The fraction of sp³-hybridized carbons (Fsp3) is 0.333. The van der Waals surface area contributed by atoms with Gasteiger partial charge >= 0.3 is 5.97 Å². The van der Waals surface area contributed by atoms with Crippen LogP contribution in [0.1, 0.15) is 41.5 Å². The van der Waals surface area contributed by atoms with Crippen LogP contribution in [0, 0.1) is 5.41 Å². The molecule has 34 heavy (non-hydrogen) atoms. The Kier molecular flexibility index (Phi) is 8.60. The summed E-state index contributed by atoms with van der Waals surface area (Å²) in [5.41, 5.74) is 0.301. The van der Waals surface area contributed by atoms with E-state index in [1.165, 1.54) is 33.4 Å². The molecule has 10 heteroatoms. The van der Waals surface area contributed by atoms with E-state index in [1.807, 2.05) is 0 Å². The number of hydrogen-bond donors (Lipinski definition) is 3. The SMILES string of the molecule is CNC(=O)c1ccc(NC(=O)COC(=O)c2cc(OC)c(OC)cc2NC(=O)C(C)(C)C)cc1. The average Bonchev–Trinajstić information content (AvgIpc) is 2.81. The van der Waals surface area contributed by atoms with Crippen LogP contribution in [-0.2, 0) is 14.3 Å². The van der Waals surface area contributed by atoms with Crippen molar-refractivity contribution in [2.45, 2.75) is 20.8 Å². The Morgan fingerprint density at radius 1 is 0.882 bits per heavy atom. The van der Waals surface area contributed by atoms with Crippen molar-refractivity contribution in [3.8, 4) is 11.5 Å². The summed E-state index contributed by atoms with van der Waals surface area (Å²) < 4.78 is 15.7. The predicted molar refractivity (Wildman–Crippen MR) is 126 cm³/mol. The van der Waals surface area contributed by atoms with Gasteiger partial charge in [-0.3, -0.25) is 14.4 Å². The summed E-state index contributed by atoms with van der Waals surface area (Å²) in [7, 11) is 4.35. The Labute approximate surface area is 198 Å². The number of carbonyl (C=O) groups is 4. The molecule has 0 saturated carbocycles. The highest BCUT2D eigenvalue weighted by Gasteiger charge is 2.25. The first-order chi connectivity index (χ1) is 16.0. The molecular weight excluding hydrogens is 442 g/mol. The van der Waals surface area contributed by atoms with E-state index in [9.17, 15) is 19.2 Å². The van der Waals surface area contributed by atoms with E-state index < -0.39 is 23.9 Å². The Morgan fingerprint density at radius 3 is 2.00 bits per heavy atom. The Balaban J connectivity index is 2.15. The zero-order valence-corrected chi connectivity index (χ0v) is 20.0. The van der Waals surface area contributed by atoms with Gasteiger partial charge in [-0.2, -0.15) is 0 Å². The predicted octanol–water partition coefficient (Wildman–Crippen LogP) is 2.84. The fourth-order valence-electron chi connectivity index (χ4n) is 2.72. The van der Waals surface area contributed by atoms with Crippen LogP contribution in [0.2, 0.25) is 0 Å². The Morgan fingerprint density at radius 2 is 1.47 bits per heavy atom. The molecule has 0 heterocycles. The number of ether oxygens (including phenoxy) is 3. The molecule has 0 aromatic heterocycles. The minimum absolute atomic E-state index is 0.00187. The van der Waals surface area contributed by atoms with Crippen LogP contribution in [0.5, 0.6) is 11.5 Å². The number of anilines is 2. The second-order valence-electron chi connectivity index (χ2n) is 8.24. The molecule has 2 aromatic carbocycles. The summed E-state index contributed by atoms with van der Waals surface area (Å²) in [5.74, 6) is -1.44. The van der Waals surface area contributed by atoms with Crippen LogP contribution in [-0.4, -0.2) is 51.6 Å². The van der Waals surface area contributed by atoms with Crippen molar-refractivity contribution >= 4 is 35.1 Å². The molecule has 3 N–H and O–H groups in total. The third-order valence-electron chi connectivity index (χ3n) is 4.67. The minimum Gasteiger partial charge on any atom is -0.493 e. The highest BCUT2D eigenvalue weighted by molar-refractivity contribution is 6.04. The van der Waals surface area contributed by atoms with Gasteiger partial charge in [0.25, 0.3) is 11.8 Å². The third-order valence-corrected chi connectivity index (χ3v) is 4.67. The molecule has 0 spiro atoms. The van der Waals surface area contributed by atoms with Crippen molar-refractivity contribution < 1.29 is 33.4 Å². The molecule has 3 amide bonds. The van der Waals surface area contributed by atoms with E-state index in [4.69, 9.17) is 14.2 Å². The van der Waals surface area contributed by atoms with Crippen molar-refractivity contribution in [3.05, 3.63) is 47.5 Å². The lowest BCUT2D eigenvalue weighted by Crippen LogP contribution is -2.29. The molecule has 182 valence electrons. The number of hydrogen-bond acceptors (Lipinski definition) is 7. The topological polar surface area (TPSA) is 132 Å². The first kappa shape index (κ1) is 26.2. The number of amides is 3. The van der Waals surface area contributed by atoms with Gasteiger partial charge in [0.15, 0.2) is 18.1 Å². The van der Waals surface area contributed by atoms with Crippen LogP contribution in [0.15, 0.2) is 36.4 Å². The van der Waals surface area contributed by atoms with Gasteiger partial charge < -0.3 is 30.2 Å². The number of carbonyl (C=O) groups excluding carboxylic acids is 4. The van der Waals surface area contributed by atoms with Crippen molar-refractivity contribution in [2.24, 2.45) is 5.41 Å². The summed E-state index contributed by atoms with van der Waals surface area (Å²) >= 11 is 0. The van der Waals surface area contributed by atoms with Crippen molar-refractivity contribution in [1.82, 2.24) is 5.32 Å². The molecular formula is C24H29N3O7. The Hall–Kier alpha value is -4.08. The molecule has 0 unspecified atom stereocenters. The summed E-state index contributed by atoms with van der Waals surface area (Å²) in [5, 5.41) is 7.78. The second-order valence-corrected chi connectivity index (χ2v) is 8.24. The van der Waals surface area contributed by atoms with Crippen LogP contribution in [0.4, 0.5) is 11.4 Å². The molecule has 0 atom stereocenters. The van der Waals surface area contributed by atoms with Gasteiger partial charge in [0, 0.05) is 35.8 Å². The minimum atomic E-state index is -0.838. The first-order valence-corrected chi connectivity index (χ1v) is 10.4. The summed E-state index contributed by atoms with van der Waals surface area (Å²) in [4.78, 5) is 49.1. The molecule has 0 radical (unpaired) electrons. The van der Waals surface area contributed by atoms with Crippen LogP contribution in [0.25, 0.3) is 0 Å². The number of benzene rings is 2. The van der Waals surface area contributed by atoms with Crippen molar-refractivity contribution in [1.29, 1.82) is 0 Å². The standard InChI is InChI=1S/C24H29N3O7/c1-24(2,3)23(31)27-17-12-19(33-6)18(32-5)11-16(17)22(30)34-13-20(28)26-15-9-7-14(8-10-15)21(29)25-4/h7-12H,13H2,1-6H3,(H,25,29)(H,26,28)(H,27,31). The van der Waals surface area contributed by atoms with Gasteiger partial charge in [-0.05, 0) is 24.3 Å². The lowest BCUT2D eigenvalue weighted by molar-refractivity contribution is -0.123. The smallest absolute Gasteiger partial charge is 0.340 e. The van der Waals surface area contributed by atoms with Gasteiger partial charge in [-0.15, -0.1) is 0 Å².